The maximum Gasteiger partial charge on any atom is -0.0366 e. The molecular formula is C7H19BrP. The van der Waals surface area contributed by atoms with Gasteiger partial charge in [-0.3, -0.25) is 0 Å². The number of hydrogen-bond donors (Lipinski definition) is 0. The van der Waals surface area contributed by atoms with E-state index < -0.39 is 7.26 Å². The molecule has 0 bridgehead atoms. The molecule has 0 aromatic rings. The zero-order valence-corrected chi connectivity index (χ0v) is 9.58. The van der Waals surface area contributed by atoms with Crippen LogP contribution in [0.1, 0.15) is 19.8 Å². The SMILES string of the molecule is Br.CCCC[P](C)(C)C. The highest BCUT2D eigenvalue weighted by atomic mass is 79.9. The van der Waals surface area contributed by atoms with Crippen molar-refractivity contribution in [3.8, 4) is 0 Å². The molecule has 9 heavy (non-hydrogen) atoms. The van der Waals surface area contributed by atoms with Crippen molar-refractivity contribution in [2.24, 2.45) is 0 Å². The van der Waals surface area contributed by atoms with Gasteiger partial charge in [0.25, 0.3) is 0 Å². The molecule has 0 unspecified atom stereocenters. The summed E-state index contributed by atoms with van der Waals surface area (Å²) >= 11 is 0. The first kappa shape index (κ1) is 12.6. The van der Waals surface area contributed by atoms with Crippen molar-refractivity contribution in [1.29, 1.82) is 0 Å². The summed E-state index contributed by atoms with van der Waals surface area (Å²) in [6, 6.07) is 0. The quantitative estimate of drug-likeness (QED) is 0.632. The third-order valence-corrected chi connectivity index (χ3v) is 2.84. The van der Waals surface area contributed by atoms with Gasteiger partial charge in [0.2, 0.25) is 0 Å². The summed E-state index contributed by atoms with van der Waals surface area (Å²) in [7, 11) is -0.432. The molecular weight excluding hydrogens is 195 g/mol. The largest absolute Gasteiger partial charge is 0.134 e. The molecule has 0 nitrogen and oxygen atoms in total. The summed E-state index contributed by atoms with van der Waals surface area (Å²) < 4.78 is 0. The van der Waals surface area contributed by atoms with E-state index in [0.717, 1.165) is 0 Å². The fourth-order valence-electron chi connectivity index (χ4n) is 0.632. The highest BCUT2D eigenvalue weighted by Crippen LogP contribution is 2.46. The average molecular weight is 214 g/mol. The van der Waals surface area contributed by atoms with Gasteiger partial charge in [-0.1, -0.05) is 13.3 Å². The molecule has 0 saturated carbocycles. The van der Waals surface area contributed by atoms with Gasteiger partial charge in [-0.2, -0.15) is 0 Å². The summed E-state index contributed by atoms with van der Waals surface area (Å²) in [5.41, 5.74) is 0. The predicted molar refractivity (Wildman–Crippen MR) is 54.8 cm³/mol. The Kier molecular flexibility index (Phi) is 7.93. The van der Waals surface area contributed by atoms with Gasteiger partial charge in [-0.15, -0.1) is 24.2 Å². The molecule has 0 aliphatic carbocycles. The molecule has 0 N–H and O–H groups in total. The van der Waals surface area contributed by atoms with Crippen molar-refractivity contribution in [3.63, 3.8) is 0 Å². The van der Waals surface area contributed by atoms with Gasteiger partial charge in [0, 0.05) is 0 Å². The number of halogens is 1. The van der Waals surface area contributed by atoms with Gasteiger partial charge in [-0.25, -0.2) is 0 Å². The van der Waals surface area contributed by atoms with E-state index in [-0.39, 0.29) is 17.0 Å². The standard InChI is InChI=1S/C7H18P.BrH/c1-5-6-7-8(2,3)4;/h5-7H2,1-4H3;1H. The molecule has 0 amide bonds. The van der Waals surface area contributed by atoms with E-state index in [4.69, 9.17) is 0 Å². The van der Waals surface area contributed by atoms with Gasteiger partial charge in [0.1, 0.15) is 0 Å². The fraction of sp³-hybridized carbons (Fsp3) is 1.00. The minimum absolute atomic E-state index is 0. The minimum atomic E-state index is -0.432. The topological polar surface area (TPSA) is 0 Å². The van der Waals surface area contributed by atoms with Crippen LogP contribution in [0.4, 0.5) is 0 Å². The van der Waals surface area contributed by atoms with Crippen molar-refractivity contribution in [1.82, 2.24) is 0 Å². The van der Waals surface area contributed by atoms with E-state index in [9.17, 15) is 0 Å². The molecule has 0 saturated heterocycles. The highest BCUT2D eigenvalue weighted by Gasteiger charge is 2.03. The lowest BCUT2D eigenvalue weighted by atomic mass is 10.4. The summed E-state index contributed by atoms with van der Waals surface area (Å²) in [5, 5.41) is 0. The van der Waals surface area contributed by atoms with E-state index in [2.05, 4.69) is 26.9 Å². The molecule has 0 aromatic heterocycles. The van der Waals surface area contributed by atoms with Crippen molar-refractivity contribution < 1.29 is 0 Å². The van der Waals surface area contributed by atoms with Crippen molar-refractivity contribution in [3.05, 3.63) is 0 Å². The van der Waals surface area contributed by atoms with Gasteiger partial charge < -0.3 is 0 Å². The van der Waals surface area contributed by atoms with Gasteiger partial charge in [0.15, 0.2) is 0 Å². The Hall–Kier alpha value is 0.910. The third kappa shape index (κ3) is 12.2. The predicted octanol–water partition coefficient (Wildman–Crippen LogP) is 3.27. The van der Waals surface area contributed by atoms with Crippen LogP contribution in [-0.2, 0) is 0 Å². The second-order valence-electron chi connectivity index (χ2n) is 3.37. The molecule has 0 rings (SSSR count). The second-order valence-corrected chi connectivity index (χ2v) is 8.40. The van der Waals surface area contributed by atoms with E-state index in [1.54, 1.807) is 0 Å². The Morgan fingerprint density at radius 2 is 1.56 bits per heavy atom. The van der Waals surface area contributed by atoms with Crippen molar-refractivity contribution >= 4 is 24.2 Å². The molecule has 0 spiro atoms. The fourth-order valence-corrected chi connectivity index (χ4v) is 1.90. The zero-order valence-electron chi connectivity index (χ0n) is 6.98. The number of unbranched alkanes of at least 4 members (excludes halogenated alkanes) is 1. The molecule has 0 atom stereocenters. The second kappa shape index (κ2) is 5.68. The van der Waals surface area contributed by atoms with Crippen LogP contribution in [0.2, 0.25) is 0 Å². The van der Waals surface area contributed by atoms with E-state index in [1.165, 1.54) is 19.0 Å². The van der Waals surface area contributed by atoms with Crippen LogP contribution < -0.4 is 0 Å². The molecule has 59 valence electrons. The summed E-state index contributed by atoms with van der Waals surface area (Å²) in [6.07, 6.45) is 4.26. The summed E-state index contributed by atoms with van der Waals surface area (Å²) in [4.78, 5) is 0. The normalized spacial score (nSPS) is 10.7. The Labute approximate surface area is 70.5 Å². The number of hydrogen-bond acceptors (Lipinski definition) is 0. The minimum Gasteiger partial charge on any atom is -0.134 e. The molecule has 0 aliphatic rings. The lowest BCUT2D eigenvalue weighted by Gasteiger charge is -2.19. The molecule has 0 heterocycles. The lowest BCUT2D eigenvalue weighted by molar-refractivity contribution is 0.889. The van der Waals surface area contributed by atoms with Crippen LogP contribution >= 0.6 is 24.2 Å². The van der Waals surface area contributed by atoms with Crippen molar-refractivity contribution in [2.45, 2.75) is 19.8 Å². The van der Waals surface area contributed by atoms with Crippen LogP contribution in [-0.4, -0.2) is 26.2 Å². The Balaban J connectivity index is 0. The summed E-state index contributed by atoms with van der Waals surface area (Å²) in [6.45, 7) is 9.48. The maximum atomic E-state index is 2.41. The first-order valence-corrected chi connectivity index (χ1v) is 6.68. The number of rotatable bonds is 3. The van der Waals surface area contributed by atoms with Gasteiger partial charge in [0.05, 0.1) is 0 Å². The van der Waals surface area contributed by atoms with Crippen LogP contribution in [0.5, 0.6) is 0 Å². The highest BCUT2D eigenvalue weighted by molar-refractivity contribution is 8.93. The molecule has 0 fully saturated rings. The molecule has 1 radical (unpaired) electrons. The monoisotopic (exact) mass is 213 g/mol. The van der Waals surface area contributed by atoms with Crippen LogP contribution in [0, 0.1) is 0 Å². The lowest BCUT2D eigenvalue weighted by Crippen LogP contribution is -1.90. The summed E-state index contributed by atoms with van der Waals surface area (Å²) in [5.74, 6) is 0. The Bertz CT molecular complexity index is 56.4. The Morgan fingerprint density at radius 3 is 1.67 bits per heavy atom. The van der Waals surface area contributed by atoms with E-state index >= 15 is 0 Å². The van der Waals surface area contributed by atoms with Gasteiger partial charge in [-0.05, 0) is 32.6 Å². The van der Waals surface area contributed by atoms with Crippen LogP contribution in [0.15, 0.2) is 0 Å². The average Bonchev–Trinajstić information content (AvgIpc) is 1.59. The zero-order chi connectivity index (χ0) is 6.62. The van der Waals surface area contributed by atoms with Crippen LogP contribution in [0.25, 0.3) is 0 Å². The molecule has 0 aromatic carbocycles. The third-order valence-electron chi connectivity index (χ3n) is 1.18. The van der Waals surface area contributed by atoms with Crippen LogP contribution in [0.3, 0.4) is 0 Å². The van der Waals surface area contributed by atoms with Gasteiger partial charge >= 0.3 is 0 Å². The van der Waals surface area contributed by atoms with Crippen molar-refractivity contribution in [2.75, 3.05) is 26.2 Å². The smallest absolute Gasteiger partial charge is 0.0366 e. The first-order valence-electron chi connectivity index (χ1n) is 3.36. The maximum absolute atomic E-state index is 2.41. The first-order chi connectivity index (χ1) is 3.56. The Morgan fingerprint density at radius 1 is 1.11 bits per heavy atom. The van der Waals surface area contributed by atoms with E-state index in [0.29, 0.717) is 0 Å². The molecule has 2 heteroatoms. The van der Waals surface area contributed by atoms with E-state index in [1.807, 2.05) is 0 Å². The molecule has 0 aliphatic heterocycles.